The minimum absolute atomic E-state index is 0.110. The molecule has 3 rings (SSSR count). The van der Waals surface area contributed by atoms with Crippen LogP contribution >= 0.6 is 11.6 Å². The van der Waals surface area contributed by atoms with Gasteiger partial charge < -0.3 is 10.4 Å². The molecule has 1 aliphatic heterocycles. The lowest BCUT2D eigenvalue weighted by molar-refractivity contribution is -0.384. The molecule has 0 bridgehead atoms. The number of hydrogen-bond acceptors (Lipinski definition) is 5. The molecule has 1 unspecified atom stereocenters. The zero-order chi connectivity index (χ0) is 18.1. The topological polar surface area (TPSA) is 110 Å². The van der Waals surface area contributed by atoms with Crippen LogP contribution in [0, 0.1) is 10.1 Å². The highest BCUT2D eigenvalue weighted by atomic mass is 35.5. The molecule has 7 nitrogen and oxygen atoms in total. The Kier molecular flexibility index (Phi) is 4.24. The number of benzene rings is 2. The van der Waals surface area contributed by atoms with Crippen LogP contribution in [0.3, 0.4) is 0 Å². The molecule has 2 aromatic rings. The Hall–Kier alpha value is -3.19. The Morgan fingerprint density at radius 2 is 1.68 bits per heavy atom. The lowest BCUT2D eigenvalue weighted by Crippen LogP contribution is -2.21. The lowest BCUT2D eigenvalue weighted by Gasteiger charge is -2.13. The van der Waals surface area contributed by atoms with E-state index >= 15 is 0 Å². The summed E-state index contributed by atoms with van der Waals surface area (Å²) in [6, 6.07) is 10.6. The van der Waals surface area contributed by atoms with Crippen molar-refractivity contribution in [1.82, 2.24) is 5.32 Å². The molecule has 1 fully saturated rings. The number of hydrogen-bond donors (Lipinski definition) is 2. The predicted molar refractivity (Wildman–Crippen MR) is 90.0 cm³/mol. The fourth-order valence-electron chi connectivity index (χ4n) is 2.57. The molecule has 0 spiro atoms. The summed E-state index contributed by atoms with van der Waals surface area (Å²) in [5, 5.41) is 24.2. The number of Topliss-reactive ketones (excluding diaryl/α,β-unsaturated/α-hetero) is 1. The smallest absolute Gasteiger partial charge is 0.293 e. The summed E-state index contributed by atoms with van der Waals surface area (Å²) in [5.41, 5.74) is 0.546. The minimum Gasteiger partial charge on any atom is -0.507 e. The minimum atomic E-state index is -0.892. The molecule has 0 saturated carbocycles. The average molecular weight is 359 g/mol. The predicted octanol–water partition coefficient (Wildman–Crippen LogP) is 2.96. The zero-order valence-electron chi connectivity index (χ0n) is 12.6. The van der Waals surface area contributed by atoms with Crippen molar-refractivity contribution < 1.29 is 19.6 Å². The van der Waals surface area contributed by atoms with Crippen LogP contribution in [0.15, 0.2) is 54.1 Å². The van der Waals surface area contributed by atoms with Crippen LogP contribution in [0.4, 0.5) is 5.69 Å². The van der Waals surface area contributed by atoms with Gasteiger partial charge in [0.25, 0.3) is 17.4 Å². The highest BCUT2D eigenvalue weighted by Crippen LogP contribution is 2.33. The van der Waals surface area contributed by atoms with Gasteiger partial charge in [-0.2, -0.15) is 0 Å². The van der Waals surface area contributed by atoms with Crippen LogP contribution in [0.2, 0.25) is 5.02 Å². The van der Waals surface area contributed by atoms with Gasteiger partial charge in [0.05, 0.1) is 16.5 Å². The first-order chi connectivity index (χ1) is 11.9. The Labute approximate surface area is 146 Å². The number of aliphatic hydroxyl groups is 1. The van der Waals surface area contributed by atoms with Crippen molar-refractivity contribution >= 4 is 34.7 Å². The summed E-state index contributed by atoms with van der Waals surface area (Å²) in [4.78, 5) is 34.2. The third-order valence-corrected chi connectivity index (χ3v) is 4.08. The number of carbonyl (C=O) groups excluding carboxylic acids is 2. The number of amides is 1. The van der Waals surface area contributed by atoms with E-state index in [9.17, 15) is 24.8 Å². The van der Waals surface area contributed by atoms with Gasteiger partial charge in [0, 0.05) is 22.7 Å². The monoisotopic (exact) mass is 358 g/mol. The van der Waals surface area contributed by atoms with E-state index in [2.05, 4.69) is 5.32 Å². The summed E-state index contributed by atoms with van der Waals surface area (Å²) >= 11 is 5.81. The van der Waals surface area contributed by atoms with Crippen LogP contribution < -0.4 is 5.32 Å². The Morgan fingerprint density at radius 3 is 2.24 bits per heavy atom. The van der Waals surface area contributed by atoms with Crippen molar-refractivity contribution in [3.8, 4) is 0 Å². The maximum atomic E-state index is 12.2. The van der Waals surface area contributed by atoms with E-state index < -0.39 is 22.7 Å². The van der Waals surface area contributed by atoms with Crippen molar-refractivity contribution in [2.75, 3.05) is 0 Å². The van der Waals surface area contributed by atoms with Crippen molar-refractivity contribution in [1.29, 1.82) is 0 Å². The van der Waals surface area contributed by atoms with Crippen LogP contribution in [0.1, 0.15) is 17.2 Å². The molecule has 2 aromatic carbocycles. The maximum absolute atomic E-state index is 12.2. The first-order valence-corrected chi connectivity index (χ1v) is 7.55. The highest BCUT2D eigenvalue weighted by Gasteiger charge is 2.39. The molecule has 126 valence electrons. The van der Waals surface area contributed by atoms with Crippen molar-refractivity contribution in [2.24, 2.45) is 0 Å². The number of nitro groups is 1. The van der Waals surface area contributed by atoms with Crippen LogP contribution in [0.25, 0.3) is 5.76 Å². The van der Waals surface area contributed by atoms with E-state index in [4.69, 9.17) is 11.6 Å². The molecular weight excluding hydrogens is 348 g/mol. The van der Waals surface area contributed by atoms with Crippen LogP contribution in [-0.4, -0.2) is 21.7 Å². The SMILES string of the molecule is O=C1NC(c2ccc([N+](=O)[O-])cc2)C(=C(O)c2ccc(Cl)cc2)C1=O. The van der Waals surface area contributed by atoms with Gasteiger partial charge in [-0.3, -0.25) is 19.7 Å². The molecule has 25 heavy (non-hydrogen) atoms. The zero-order valence-corrected chi connectivity index (χ0v) is 13.4. The van der Waals surface area contributed by atoms with Gasteiger partial charge in [0.1, 0.15) is 5.76 Å². The molecule has 0 aliphatic carbocycles. The van der Waals surface area contributed by atoms with Gasteiger partial charge in [0.15, 0.2) is 0 Å². The normalized spacial score (nSPS) is 18.8. The second kappa shape index (κ2) is 6.37. The van der Waals surface area contributed by atoms with Crippen molar-refractivity contribution in [2.45, 2.75) is 6.04 Å². The van der Waals surface area contributed by atoms with Gasteiger partial charge in [-0.15, -0.1) is 0 Å². The number of ketones is 1. The molecule has 1 atom stereocenters. The number of non-ortho nitro benzene ring substituents is 1. The third-order valence-electron chi connectivity index (χ3n) is 3.82. The molecule has 1 amide bonds. The Balaban J connectivity index is 2.07. The average Bonchev–Trinajstić information content (AvgIpc) is 2.90. The van der Waals surface area contributed by atoms with E-state index in [-0.39, 0.29) is 17.0 Å². The van der Waals surface area contributed by atoms with Gasteiger partial charge in [-0.1, -0.05) is 11.6 Å². The van der Waals surface area contributed by atoms with Gasteiger partial charge >= 0.3 is 0 Å². The summed E-state index contributed by atoms with van der Waals surface area (Å²) in [6.07, 6.45) is 0. The number of nitrogens with zero attached hydrogens (tertiary/aromatic N) is 1. The quantitative estimate of drug-likeness (QED) is 0.288. The molecular formula is C17H11ClN2O5. The Bertz CT molecular complexity index is 904. The maximum Gasteiger partial charge on any atom is 0.293 e. The second-order valence-electron chi connectivity index (χ2n) is 5.35. The first kappa shape index (κ1) is 16.7. The number of nitrogens with one attached hydrogen (secondary N) is 1. The van der Waals surface area contributed by atoms with Gasteiger partial charge in [-0.25, -0.2) is 0 Å². The van der Waals surface area contributed by atoms with E-state index in [1.807, 2.05) is 0 Å². The largest absolute Gasteiger partial charge is 0.507 e. The third kappa shape index (κ3) is 3.09. The summed E-state index contributed by atoms with van der Waals surface area (Å²) in [7, 11) is 0. The standard InChI is InChI=1S/C17H11ClN2O5/c18-11-5-1-10(2-6-11)15(21)13-14(19-17(23)16(13)22)9-3-7-12(8-4-9)20(24)25/h1-8,14,21H,(H,19,23). The van der Waals surface area contributed by atoms with Crippen molar-refractivity contribution in [3.63, 3.8) is 0 Å². The van der Waals surface area contributed by atoms with E-state index in [0.717, 1.165) is 0 Å². The van der Waals surface area contributed by atoms with Gasteiger partial charge in [0.2, 0.25) is 0 Å². The number of halogens is 1. The molecule has 8 heteroatoms. The van der Waals surface area contributed by atoms with E-state index in [1.54, 1.807) is 12.1 Å². The molecule has 0 radical (unpaired) electrons. The van der Waals surface area contributed by atoms with Gasteiger partial charge in [-0.05, 0) is 42.0 Å². The molecule has 0 aromatic heterocycles. The molecule has 1 saturated heterocycles. The first-order valence-electron chi connectivity index (χ1n) is 7.17. The number of carbonyl (C=O) groups is 2. The molecule has 2 N–H and O–H groups in total. The summed E-state index contributed by atoms with van der Waals surface area (Å²) < 4.78 is 0. The van der Waals surface area contributed by atoms with Crippen molar-refractivity contribution in [3.05, 3.63) is 80.4 Å². The highest BCUT2D eigenvalue weighted by molar-refractivity contribution is 6.46. The lowest BCUT2D eigenvalue weighted by atomic mass is 9.96. The van der Waals surface area contributed by atoms with Crippen LogP contribution in [0.5, 0.6) is 0 Å². The van der Waals surface area contributed by atoms with E-state index in [0.29, 0.717) is 16.1 Å². The summed E-state index contributed by atoms with van der Waals surface area (Å²) in [5.74, 6) is -2.04. The number of aliphatic hydroxyl groups excluding tert-OH is 1. The Morgan fingerprint density at radius 1 is 1.08 bits per heavy atom. The molecule has 1 heterocycles. The number of nitro benzene ring substituents is 1. The summed E-state index contributed by atoms with van der Waals surface area (Å²) in [6.45, 7) is 0. The fraction of sp³-hybridized carbons (Fsp3) is 0.0588. The number of rotatable bonds is 3. The van der Waals surface area contributed by atoms with E-state index in [1.165, 1.54) is 36.4 Å². The van der Waals surface area contributed by atoms with Crippen LogP contribution in [-0.2, 0) is 9.59 Å². The molecule has 1 aliphatic rings. The second-order valence-corrected chi connectivity index (χ2v) is 5.79. The fourth-order valence-corrected chi connectivity index (χ4v) is 2.69.